The molecule has 6 nitrogen and oxygen atoms in total. The van der Waals surface area contributed by atoms with Crippen molar-refractivity contribution in [2.24, 2.45) is 0 Å². The maximum atomic E-state index is 10.5. The molecule has 0 aliphatic heterocycles. The lowest BCUT2D eigenvalue weighted by Crippen LogP contribution is -1.99. The van der Waals surface area contributed by atoms with Gasteiger partial charge in [-0.15, -0.1) is 0 Å². The van der Waals surface area contributed by atoms with Crippen LogP contribution in [0.1, 0.15) is 6.92 Å². The van der Waals surface area contributed by atoms with Crippen LogP contribution in [0.25, 0.3) is 0 Å². The van der Waals surface area contributed by atoms with E-state index in [0.29, 0.717) is 0 Å². The average Bonchev–Trinajstić information content (AvgIpc) is 1.55. The zero-order valence-electron chi connectivity index (χ0n) is 5.50. The van der Waals surface area contributed by atoms with Gasteiger partial charge in [-0.3, -0.25) is 4.18 Å². The predicted molar refractivity (Wildman–Crippen MR) is 40.2 cm³/mol. The number of hydrogen-bond donors (Lipinski definition) is 2. The summed E-state index contributed by atoms with van der Waals surface area (Å²) in [6.07, 6.45) is 0. The molecular formula is C2H7O6PS2. The standard InChI is InChI=1S/C2H7O6PS2/c1-2-8-11(6,7)10-9(3,4)5/h2H2,1H3,(H2,3,4,5). The molecule has 0 fully saturated rings. The van der Waals surface area contributed by atoms with Gasteiger partial charge in [-0.1, -0.05) is 0 Å². The van der Waals surface area contributed by atoms with E-state index >= 15 is 0 Å². The second-order valence-corrected chi connectivity index (χ2v) is 8.00. The summed E-state index contributed by atoms with van der Waals surface area (Å²) in [7, 11) is -4.64. The fraction of sp³-hybridized carbons (Fsp3) is 1.00. The first-order valence-corrected chi connectivity index (χ1v) is 7.39. The summed E-state index contributed by atoms with van der Waals surface area (Å²) >= 11 is 0. The summed E-state index contributed by atoms with van der Waals surface area (Å²) in [6.45, 7) is -3.36. The minimum Gasteiger partial charge on any atom is -0.316 e. The van der Waals surface area contributed by atoms with E-state index in [1.54, 1.807) is 0 Å². The molecule has 0 aliphatic rings. The van der Waals surface area contributed by atoms with Gasteiger partial charge in [0.25, 0.3) is 0 Å². The van der Waals surface area contributed by atoms with Gasteiger partial charge in [0.05, 0.1) is 6.61 Å². The van der Waals surface area contributed by atoms with E-state index in [4.69, 9.17) is 9.79 Å². The second-order valence-electron chi connectivity index (χ2n) is 1.38. The first-order valence-electron chi connectivity index (χ1n) is 2.43. The van der Waals surface area contributed by atoms with Crippen molar-refractivity contribution in [2.45, 2.75) is 6.92 Å². The van der Waals surface area contributed by atoms with Gasteiger partial charge in [0.15, 0.2) is 0 Å². The number of rotatable bonds is 4. The van der Waals surface area contributed by atoms with Crippen molar-refractivity contribution in [1.82, 2.24) is 0 Å². The van der Waals surface area contributed by atoms with E-state index < -0.39 is 26.4 Å². The Bertz CT molecular complexity index is 250. The molecule has 0 saturated carbocycles. The third kappa shape index (κ3) is 6.79. The smallest absolute Gasteiger partial charge is 0.316 e. The monoisotopic (exact) mass is 222 g/mol. The van der Waals surface area contributed by atoms with Gasteiger partial charge < -0.3 is 9.79 Å². The van der Waals surface area contributed by atoms with Crippen LogP contribution in [-0.2, 0) is 17.9 Å². The molecule has 9 heteroatoms. The van der Waals surface area contributed by atoms with Gasteiger partial charge >= 0.3 is 15.9 Å². The van der Waals surface area contributed by atoms with Gasteiger partial charge in [0, 0.05) is 0 Å². The normalized spacial score (nSPS) is 13.4. The summed E-state index contributed by atoms with van der Waals surface area (Å²) in [5.41, 5.74) is 0. The van der Waals surface area contributed by atoms with E-state index in [1.165, 1.54) is 6.92 Å². The fourth-order valence-corrected chi connectivity index (χ4v) is 4.51. The Hall–Kier alpha value is 0.410. The summed E-state index contributed by atoms with van der Waals surface area (Å²) in [5, 5.41) is 0. The third-order valence-electron chi connectivity index (χ3n) is 0.451. The van der Waals surface area contributed by atoms with Crippen molar-refractivity contribution in [1.29, 1.82) is 0 Å². The zero-order chi connectivity index (χ0) is 9.12. The Labute approximate surface area is 67.4 Å². The molecule has 0 unspecified atom stereocenters. The molecule has 11 heavy (non-hydrogen) atoms. The van der Waals surface area contributed by atoms with E-state index in [9.17, 15) is 13.0 Å². The zero-order valence-corrected chi connectivity index (χ0v) is 8.03. The molecule has 0 atom stereocenters. The lowest BCUT2D eigenvalue weighted by atomic mass is 10.9. The van der Waals surface area contributed by atoms with E-state index in [1.807, 2.05) is 0 Å². The molecule has 0 aromatic rings. The van der Waals surface area contributed by atoms with Crippen LogP contribution in [0.15, 0.2) is 0 Å². The van der Waals surface area contributed by atoms with Crippen molar-refractivity contribution in [2.75, 3.05) is 6.61 Å². The second kappa shape index (κ2) is 3.88. The van der Waals surface area contributed by atoms with Crippen LogP contribution in [-0.4, -0.2) is 24.8 Å². The lowest BCUT2D eigenvalue weighted by molar-refractivity contribution is 0.350. The molecule has 0 amide bonds. The molecule has 0 spiro atoms. The van der Waals surface area contributed by atoms with E-state index in [2.05, 4.69) is 4.18 Å². The van der Waals surface area contributed by atoms with Gasteiger partial charge in [-0.25, -0.2) is 4.57 Å². The van der Waals surface area contributed by atoms with Crippen molar-refractivity contribution < 1.29 is 27.0 Å². The van der Waals surface area contributed by atoms with Crippen molar-refractivity contribution in [3.63, 3.8) is 0 Å². The van der Waals surface area contributed by atoms with Gasteiger partial charge in [-0.2, -0.15) is 8.42 Å². The molecule has 0 radical (unpaired) electrons. The Morgan fingerprint density at radius 1 is 1.55 bits per heavy atom. The molecule has 2 N–H and O–H groups in total. The molecule has 0 aromatic carbocycles. The fourth-order valence-electron chi connectivity index (χ4n) is 0.285. The molecular weight excluding hydrogens is 215 g/mol. The Morgan fingerprint density at radius 3 is 2.27 bits per heavy atom. The Balaban J connectivity index is 4.27. The van der Waals surface area contributed by atoms with Gasteiger partial charge in [-0.05, 0) is 6.92 Å². The highest BCUT2D eigenvalue weighted by atomic mass is 33.4. The SMILES string of the molecule is CCOS(=O)(=O)SP(=O)(O)O. The van der Waals surface area contributed by atoms with Crippen LogP contribution < -0.4 is 0 Å². The predicted octanol–water partition coefficient (Wildman–Crippen LogP) is 0.0936. The average molecular weight is 222 g/mol. The van der Waals surface area contributed by atoms with Crippen LogP contribution in [0.4, 0.5) is 0 Å². The molecule has 0 bridgehead atoms. The largest absolute Gasteiger partial charge is 0.401 e. The van der Waals surface area contributed by atoms with Crippen molar-refractivity contribution in [3.05, 3.63) is 0 Å². The number of hydrogen-bond acceptors (Lipinski definition) is 5. The highest BCUT2D eigenvalue weighted by Gasteiger charge is 2.26. The maximum Gasteiger partial charge on any atom is 0.401 e. The minimum absolute atomic E-state index is 0.144. The van der Waals surface area contributed by atoms with Gasteiger partial charge in [0.1, 0.15) is 10.4 Å². The van der Waals surface area contributed by atoms with Crippen molar-refractivity contribution >= 4 is 26.4 Å². The maximum absolute atomic E-state index is 10.5. The first kappa shape index (κ1) is 11.4. The minimum atomic E-state index is -4.61. The first-order chi connectivity index (χ1) is 4.77. The van der Waals surface area contributed by atoms with E-state index in [-0.39, 0.29) is 6.61 Å². The topological polar surface area (TPSA) is 101 Å². The summed E-state index contributed by atoms with van der Waals surface area (Å²) in [4.78, 5) is 16.4. The van der Waals surface area contributed by atoms with Crippen LogP contribution in [0, 0.1) is 0 Å². The van der Waals surface area contributed by atoms with E-state index in [0.717, 1.165) is 0 Å². The molecule has 0 aromatic heterocycles. The molecule has 0 rings (SSSR count). The van der Waals surface area contributed by atoms with Crippen LogP contribution in [0.3, 0.4) is 0 Å². The van der Waals surface area contributed by atoms with Crippen LogP contribution >= 0.6 is 17.2 Å². The third-order valence-corrected chi connectivity index (χ3v) is 6.16. The Kier molecular flexibility index (Phi) is 4.03. The summed E-state index contributed by atoms with van der Waals surface area (Å²) < 4.78 is 35.2. The summed E-state index contributed by atoms with van der Waals surface area (Å²) in [6, 6.07) is 0. The molecule has 0 heterocycles. The summed E-state index contributed by atoms with van der Waals surface area (Å²) in [5.74, 6) is 0. The molecule has 68 valence electrons. The van der Waals surface area contributed by atoms with Crippen LogP contribution in [0.5, 0.6) is 0 Å². The Morgan fingerprint density at radius 2 is 2.00 bits per heavy atom. The van der Waals surface area contributed by atoms with Gasteiger partial charge in [0.2, 0.25) is 0 Å². The highest BCUT2D eigenvalue weighted by molar-refractivity contribution is 8.94. The quantitative estimate of drug-likeness (QED) is 0.513. The molecule has 0 aliphatic carbocycles. The lowest BCUT2D eigenvalue weighted by Gasteiger charge is -2.02. The highest BCUT2D eigenvalue weighted by Crippen LogP contribution is 2.53. The van der Waals surface area contributed by atoms with Crippen LogP contribution in [0.2, 0.25) is 0 Å². The van der Waals surface area contributed by atoms with Crippen molar-refractivity contribution in [3.8, 4) is 0 Å². The molecule has 0 saturated heterocycles.